The predicted octanol–water partition coefficient (Wildman–Crippen LogP) is 2.77. The van der Waals surface area contributed by atoms with Crippen LogP contribution in [-0.2, 0) is 0 Å². The Balaban J connectivity index is 1.61. The van der Waals surface area contributed by atoms with Crippen LogP contribution in [0.5, 0.6) is 5.75 Å². The molecule has 1 aliphatic rings. The number of ether oxygens (including phenoxy) is 1. The second-order valence-electron chi connectivity index (χ2n) is 6.61. The molecule has 0 aliphatic carbocycles. The van der Waals surface area contributed by atoms with Crippen molar-refractivity contribution in [3.8, 4) is 5.75 Å². The van der Waals surface area contributed by atoms with Crippen molar-refractivity contribution in [3.05, 3.63) is 60.4 Å². The molecule has 0 radical (unpaired) electrons. The van der Waals surface area contributed by atoms with Crippen molar-refractivity contribution in [2.75, 3.05) is 26.3 Å². The number of carbonyl (C=O) groups is 1. The van der Waals surface area contributed by atoms with E-state index in [0.717, 1.165) is 18.6 Å². The number of aromatic nitrogens is 1. The number of benzene rings is 1. The van der Waals surface area contributed by atoms with Crippen molar-refractivity contribution < 1.29 is 14.6 Å². The lowest BCUT2D eigenvalue weighted by molar-refractivity contribution is 0.0153. The average Bonchev–Trinajstić information content (AvgIpc) is 2.69. The standard InChI is InChI=1S/C20H24N2O3/c23-16-20(11-14-25-17-7-2-1-3-8-17)10-6-13-22(15-20)19(24)18-9-4-5-12-21-18/h1-5,7-9,12,23H,6,10-11,13-16H2/t20-/m1/s1. The number of amides is 1. The summed E-state index contributed by atoms with van der Waals surface area (Å²) in [5.74, 6) is 0.759. The number of hydrogen-bond acceptors (Lipinski definition) is 4. The molecule has 0 saturated carbocycles. The molecule has 1 aliphatic heterocycles. The molecule has 2 heterocycles. The van der Waals surface area contributed by atoms with E-state index in [-0.39, 0.29) is 17.9 Å². The summed E-state index contributed by atoms with van der Waals surface area (Å²) >= 11 is 0. The Kier molecular flexibility index (Phi) is 5.66. The third kappa shape index (κ3) is 4.37. The van der Waals surface area contributed by atoms with E-state index in [1.807, 2.05) is 41.3 Å². The first-order chi connectivity index (χ1) is 12.2. The molecule has 1 aromatic heterocycles. The van der Waals surface area contributed by atoms with Crippen LogP contribution in [0, 0.1) is 5.41 Å². The quantitative estimate of drug-likeness (QED) is 0.878. The SMILES string of the molecule is O=C(c1ccccn1)N1CCC[C@@](CO)(CCOc2ccccc2)C1. The molecule has 1 aromatic carbocycles. The molecule has 2 aromatic rings. The first kappa shape index (κ1) is 17.4. The van der Waals surface area contributed by atoms with Crippen LogP contribution in [0.15, 0.2) is 54.7 Å². The Bertz CT molecular complexity index is 678. The van der Waals surface area contributed by atoms with E-state index < -0.39 is 0 Å². The summed E-state index contributed by atoms with van der Waals surface area (Å²) < 4.78 is 5.79. The summed E-state index contributed by atoms with van der Waals surface area (Å²) in [6.07, 6.45) is 4.12. The number of nitrogens with zero attached hydrogens (tertiary/aromatic N) is 2. The zero-order valence-electron chi connectivity index (χ0n) is 14.3. The minimum absolute atomic E-state index is 0.0527. The molecule has 1 atom stereocenters. The zero-order valence-corrected chi connectivity index (χ0v) is 14.3. The fourth-order valence-electron chi connectivity index (χ4n) is 3.35. The summed E-state index contributed by atoms with van der Waals surface area (Å²) in [6, 6.07) is 15.0. The Labute approximate surface area is 148 Å². The number of rotatable bonds is 6. The van der Waals surface area contributed by atoms with Gasteiger partial charge in [0.25, 0.3) is 5.91 Å². The second-order valence-corrected chi connectivity index (χ2v) is 6.61. The molecule has 0 spiro atoms. The Hall–Kier alpha value is -2.40. The number of pyridine rings is 1. The minimum atomic E-state index is -0.308. The van der Waals surface area contributed by atoms with Gasteiger partial charge in [0, 0.05) is 24.7 Å². The highest BCUT2D eigenvalue weighted by Crippen LogP contribution is 2.33. The molecular formula is C20H24N2O3. The summed E-state index contributed by atoms with van der Waals surface area (Å²) in [5, 5.41) is 10.00. The minimum Gasteiger partial charge on any atom is -0.494 e. The second kappa shape index (κ2) is 8.12. The number of piperidine rings is 1. The van der Waals surface area contributed by atoms with Gasteiger partial charge in [-0.1, -0.05) is 24.3 Å². The summed E-state index contributed by atoms with van der Waals surface area (Å²) in [7, 11) is 0. The van der Waals surface area contributed by atoms with Gasteiger partial charge in [0.05, 0.1) is 13.2 Å². The van der Waals surface area contributed by atoms with E-state index >= 15 is 0 Å². The molecule has 3 rings (SSSR count). The number of para-hydroxylation sites is 1. The van der Waals surface area contributed by atoms with Crippen LogP contribution in [-0.4, -0.2) is 47.2 Å². The normalized spacial score (nSPS) is 20.3. The molecule has 5 heteroatoms. The van der Waals surface area contributed by atoms with E-state index in [0.29, 0.717) is 31.8 Å². The van der Waals surface area contributed by atoms with Crippen LogP contribution < -0.4 is 4.74 Å². The van der Waals surface area contributed by atoms with Crippen LogP contribution in [0.1, 0.15) is 29.8 Å². The number of aliphatic hydroxyl groups excluding tert-OH is 1. The molecule has 132 valence electrons. The number of aliphatic hydroxyl groups is 1. The molecule has 1 amide bonds. The third-order valence-electron chi connectivity index (χ3n) is 4.81. The Morgan fingerprint density at radius 1 is 1.20 bits per heavy atom. The lowest BCUT2D eigenvalue weighted by Crippen LogP contribution is -2.48. The van der Waals surface area contributed by atoms with Crippen LogP contribution in [0.4, 0.5) is 0 Å². The largest absolute Gasteiger partial charge is 0.494 e. The van der Waals surface area contributed by atoms with Crippen molar-refractivity contribution in [2.24, 2.45) is 5.41 Å². The van der Waals surface area contributed by atoms with Crippen molar-refractivity contribution >= 4 is 5.91 Å². The van der Waals surface area contributed by atoms with Gasteiger partial charge in [-0.05, 0) is 43.5 Å². The van der Waals surface area contributed by atoms with Gasteiger partial charge in [-0.25, -0.2) is 0 Å². The monoisotopic (exact) mass is 340 g/mol. The van der Waals surface area contributed by atoms with Gasteiger partial charge in [0.15, 0.2) is 0 Å². The average molecular weight is 340 g/mol. The first-order valence-corrected chi connectivity index (χ1v) is 8.71. The van der Waals surface area contributed by atoms with E-state index in [1.54, 1.807) is 18.3 Å². The predicted molar refractivity (Wildman–Crippen MR) is 95.4 cm³/mol. The molecule has 5 nitrogen and oxygen atoms in total. The van der Waals surface area contributed by atoms with Gasteiger partial charge in [0.2, 0.25) is 0 Å². The van der Waals surface area contributed by atoms with E-state index in [9.17, 15) is 9.90 Å². The molecular weight excluding hydrogens is 316 g/mol. The van der Waals surface area contributed by atoms with Crippen molar-refractivity contribution in [2.45, 2.75) is 19.3 Å². The van der Waals surface area contributed by atoms with Gasteiger partial charge in [0.1, 0.15) is 11.4 Å². The summed E-state index contributed by atoms with van der Waals surface area (Å²) in [4.78, 5) is 18.6. The highest BCUT2D eigenvalue weighted by Gasteiger charge is 2.37. The number of likely N-dealkylation sites (tertiary alicyclic amines) is 1. The molecule has 25 heavy (non-hydrogen) atoms. The van der Waals surface area contributed by atoms with E-state index in [4.69, 9.17) is 4.74 Å². The van der Waals surface area contributed by atoms with E-state index in [2.05, 4.69) is 4.98 Å². The van der Waals surface area contributed by atoms with Crippen LogP contribution in [0.2, 0.25) is 0 Å². The van der Waals surface area contributed by atoms with E-state index in [1.165, 1.54) is 0 Å². The lowest BCUT2D eigenvalue weighted by atomic mass is 9.78. The number of hydrogen-bond donors (Lipinski definition) is 1. The number of carbonyl (C=O) groups excluding carboxylic acids is 1. The maximum Gasteiger partial charge on any atom is 0.272 e. The molecule has 1 N–H and O–H groups in total. The van der Waals surface area contributed by atoms with Crippen LogP contribution >= 0.6 is 0 Å². The summed E-state index contributed by atoms with van der Waals surface area (Å²) in [6.45, 7) is 1.82. The molecule has 1 saturated heterocycles. The highest BCUT2D eigenvalue weighted by atomic mass is 16.5. The Morgan fingerprint density at radius 3 is 2.72 bits per heavy atom. The van der Waals surface area contributed by atoms with Crippen molar-refractivity contribution in [3.63, 3.8) is 0 Å². The van der Waals surface area contributed by atoms with Gasteiger partial charge >= 0.3 is 0 Å². The van der Waals surface area contributed by atoms with Gasteiger partial charge in [-0.3, -0.25) is 9.78 Å². The van der Waals surface area contributed by atoms with Crippen molar-refractivity contribution in [1.82, 2.24) is 9.88 Å². The van der Waals surface area contributed by atoms with Gasteiger partial charge in [-0.2, -0.15) is 0 Å². The fourth-order valence-corrected chi connectivity index (χ4v) is 3.35. The molecule has 0 bridgehead atoms. The molecule has 1 fully saturated rings. The third-order valence-corrected chi connectivity index (χ3v) is 4.81. The topological polar surface area (TPSA) is 62.7 Å². The first-order valence-electron chi connectivity index (χ1n) is 8.71. The summed E-state index contributed by atoms with van der Waals surface area (Å²) in [5.41, 5.74) is 0.147. The van der Waals surface area contributed by atoms with Crippen molar-refractivity contribution in [1.29, 1.82) is 0 Å². The smallest absolute Gasteiger partial charge is 0.272 e. The maximum absolute atomic E-state index is 12.6. The fraction of sp³-hybridized carbons (Fsp3) is 0.400. The lowest BCUT2D eigenvalue weighted by Gasteiger charge is -2.41. The van der Waals surface area contributed by atoms with Crippen LogP contribution in [0.25, 0.3) is 0 Å². The Morgan fingerprint density at radius 2 is 2.00 bits per heavy atom. The van der Waals surface area contributed by atoms with Gasteiger partial charge in [-0.15, -0.1) is 0 Å². The molecule has 0 unspecified atom stereocenters. The van der Waals surface area contributed by atoms with Gasteiger partial charge < -0.3 is 14.7 Å². The highest BCUT2D eigenvalue weighted by molar-refractivity contribution is 5.92. The zero-order chi connectivity index (χ0) is 17.5. The maximum atomic E-state index is 12.6. The van der Waals surface area contributed by atoms with Crippen LogP contribution in [0.3, 0.4) is 0 Å².